The summed E-state index contributed by atoms with van der Waals surface area (Å²) >= 11 is 8.62. The molecule has 0 saturated carbocycles. The molecule has 32 heavy (non-hydrogen) atoms. The second kappa shape index (κ2) is 11.7. The van der Waals surface area contributed by atoms with Gasteiger partial charge in [-0.25, -0.2) is 13.1 Å². The lowest BCUT2D eigenvalue weighted by Gasteiger charge is -2.15. The maximum Gasteiger partial charge on any atom is 0.261 e. The lowest BCUT2D eigenvalue weighted by Crippen LogP contribution is -2.34. The Morgan fingerprint density at radius 1 is 1.12 bits per heavy atom. The van der Waals surface area contributed by atoms with Gasteiger partial charge in [-0.05, 0) is 73.9 Å². The van der Waals surface area contributed by atoms with Crippen molar-refractivity contribution in [2.24, 2.45) is 5.92 Å². The van der Waals surface area contributed by atoms with Gasteiger partial charge in [0.15, 0.2) is 5.11 Å². The minimum Gasteiger partial charge on any atom is -0.492 e. The van der Waals surface area contributed by atoms with Crippen LogP contribution in [-0.2, 0) is 10.0 Å². The summed E-state index contributed by atoms with van der Waals surface area (Å²) in [4.78, 5) is 12.9. The number of nitrogens with one attached hydrogen (secondary N) is 3. The summed E-state index contributed by atoms with van der Waals surface area (Å²) in [7, 11) is -3.59. The Kier molecular flexibility index (Phi) is 9.63. The summed E-state index contributed by atoms with van der Waals surface area (Å²) in [5, 5.41) is 5.60. The maximum atomic E-state index is 12.8. The smallest absolute Gasteiger partial charge is 0.261 e. The largest absolute Gasteiger partial charge is 0.492 e. The Labute approximate surface area is 203 Å². The minimum atomic E-state index is -3.59. The van der Waals surface area contributed by atoms with Crippen LogP contribution in [0.2, 0.25) is 0 Å². The highest BCUT2D eigenvalue weighted by atomic mass is 79.9. The van der Waals surface area contributed by atoms with Crippen LogP contribution < -0.4 is 20.1 Å². The topological polar surface area (TPSA) is 96.5 Å². The normalized spacial score (nSPS) is 12.3. The van der Waals surface area contributed by atoms with Crippen LogP contribution in [0.3, 0.4) is 0 Å². The average Bonchev–Trinajstić information content (AvgIpc) is 2.72. The molecular weight excluding hydrogens is 514 g/mol. The molecule has 1 unspecified atom stereocenters. The van der Waals surface area contributed by atoms with Crippen molar-refractivity contribution in [2.45, 2.75) is 45.1 Å². The molecule has 3 N–H and O–H groups in total. The van der Waals surface area contributed by atoms with Crippen LogP contribution in [0.5, 0.6) is 5.75 Å². The minimum absolute atomic E-state index is 0.0816. The highest BCUT2D eigenvalue weighted by Crippen LogP contribution is 2.24. The Hall–Kier alpha value is -2.01. The number of hydrogen-bond acceptors (Lipinski definition) is 5. The first kappa shape index (κ1) is 26.2. The van der Waals surface area contributed by atoms with Gasteiger partial charge in [0.05, 0.1) is 17.1 Å². The van der Waals surface area contributed by atoms with Crippen molar-refractivity contribution in [2.75, 3.05) is 11.9 Å². The second-order valence-corrected chi connectivity index (χ2v) is 10.7. The zero-order valence-corrected chi connectivity index (χ0v) is 21.7. The van der Waals surface area contributed by atoms with Crippen LogP contribution in [0.15, 0.2) is 51.8 Å². The number of halogens is 1. The molecule has 0 radical (unpaired) electrons. The Balaban J connectivity index is 2.05. The average molecular weight is 543 g/mol. The molecule has 174 valence electrons. The molecule has 0 aliphatic heterocycles. The number of sulfonamides is 1. The third kappa shape index (κ3) is 7.84. The Bertz CT molecular complexity index is 1060. The number of ether oxygens (including phenoxy) is 1. The third-order valence-corrected chi connectivity index (χ3v) is 6.68. The van der Waals surface area contributed by atoms with E-state index in [1.54, 1.807) is 37.3 Å². The summed E-state index contributed by atoms with van der Waals surface area (Å²) in [5.74, 6) is 0.356. The molecule has 0 heterocycles. The van der Waals surface area contributed by atoms with E-state index in [-0.39, 0.29) is 16.0 Å². The number of carbonyl (C=O) groups is 1. The van der Waals surface area contributed by atoms with Gasteiger partial charge < -0.3 is 10.1 Å². The third-order valence-electron chi connectivity index (χ3n) is 4.38. The van der Waals surface area contributed by atoms with E-state index in [9.17, 15) is 13.2 Å². The predicted molar refractivity (Wildman–Crippen MR) is 135 cm³/mol. The van der Waals surface area contributed by atoms with Gasteiger partial charge in [0.2, 0.25) is 10.0 Å². The van der Waals surface area contributed by atoms with Gasteiger partial charge in [0.25, 0.3) is 5.91 Å². The predicted octanol–water partition coefficient (Wildman–Crippen LogP) is 4.69. The number of thiocarbonyl (C=S) groups is 1. The molecule has 10 heteroatoms. The first-order chi connectivity index (χ1) is 15.0. The molecule has 0 aromatic heterocycles. The van der Waals surface area contributed by atoms with Gasteiger partial charge >= 0.3 is 0 Å². The molecule has 7 nitrogen and oxygen atoms in total. The lowest BCUT2D eigenvalue weighted by molar-refractivity contribution is 0.0973. The van der Waals surface area contributed by atoms with Gasteiger partial charge in [-0.1, -0.05) is 36.7 Å². The van der Waals surface area contributed by atoms with E-state index in [2.05, 4.69) is 31.3 Å². The molecule has 2 aromatic carbocycles. The number of anilines is 1. The van der Waals surface area contributed by atoms with Gasteiger partial charge in [-0.15, -0.1) is 0 Å². The van der Waals surface area contributed by atoms with Crippen LogP contribution in [0.1, 0.15) is 44.5 Å². The molecule has 0 fully saturated rings. The Morgan fingerprint density at radius 3 is 2.38 bits per heavy atom. The van der Waals surface area contributed by atoms with E-state index >= 15 is 0 Å². The van der Waals surface area contributed by atoms with Gasteiger partial charge in [-0.2, -0.15) is 0 Å². The van der Waals surface area contributed by atoms with E-state index in [0.717, 1.165) is 4.47 Å². The fourth-order valence-corrected chi connectivity index (χ4v) is 4.43. The van der Waals surface area contributed by atoms with Crippen molar-refractivity contribution in [1.29, 1.82) is 0 Å². The molecule has 0 spiro atoms. The molecule has 2 aromatic rings. The molecule has 1 amide bonds. The summed E-state index contributed by atoms with van der Waals surface area (Å²) in [6, 6.07) is 11.2. The van der Waals surface area contributed by atoms with E-state index in [1.807, 2.05) is 20.8 Å². The number of amides is 1. The van der Waals surface area contributed by atoms with Crippen LogP contribution in [0.25, 0.3) is 0 Å². The van der Waals surface area contributed by atoms with Crippen LogP contribution >= 0.6 is 28.1 Å². The van der Waals surface area contributed by atoms with Crippen LogP contribution in [0, 0.1) is 5.92 Å². The molecule has 0 aliphatic rings. The van der Waals surface area contributed by atoms with Crippen molar-refractivity contribution < 1.29 is 17.9 Å². The number of rotatable bonds is 9. The monoisotopic (exact) mass is 541 g/mol. The lowest BCUT2D eigenvalue weighted by atomic mass is 10.2. The van der Waals surface area contributed by atoms with Gasteiger partial charge in [0.1, 0.15) is 5.75 Å². The van der Waals surface area contributed by atoms with Gasteiger partial charge in [0, 0.05) is 16.2 Å². The quantitative estimate of drug-likeness (QED) is 0.398. The van der Waals surface area contributed by atoms with E-state index in [1.165, 1.54) is 12.1 Å². The van der Waals surface area contributed by atoms with Crippen molar-refractivity contribution >= 4 is 54.9 Å². The van der Waals surface area contributed by atoms with Crippen LogP contribution in [-0.4, -0.2) is 32.1 Å². The second-order valence-electron chi connectivity index (χ2n) is 7.71. The number of carbonyl (C=O) groups excluding carboxylic acids is 1. The zero-order valence-electron chi connectivity index (χ0n) is 18.4. The number of benzene rings is 2. The fraction of sp³-hybridized carbons (Fsp3) is 0.364. The van der Waals surface area contributed by atoms with Crippen molar-refractivity contribution in [3.05, 3.63) is 52.5 Å². The zero-order chi connectivity index (χ0) is 23.9. The van der Waals surface area contributed by atoms with Crippen LogP contribution in [0.4, 0.5) is 5.69 Å². The highest BCUT2D eigenvalue weighted by Gasteiger charge is 2.17. The van der Waals surface area contributed by atoms with Crippen molar-refractivity contribution in [1.82, 2.24) is 10.0 Å². The molecule has 0 saturated heterocycles. The fourth-order valence-electron chi connectivity index (χ4n) is 2.53. The first-order valence-electron chi connectivity index (χ1n) is 10.2. The summed E-state index contributed by atoms with van der Waals surface area (Å²) in [5.41, 5.74) is 0.894. The SMILES string of the molecule is CCC(C)NS(=O)(=O)c1ccc(NC(=S)NC(=O)c2cc(Br)ccc2OCC(C)C)cc1. The highest BCUT2D eigenvalue weighted by molar-refractivity contribution is 9.10. The van der Waals surface area contributed by atoms with Crippen molar-refractivity contribution in [3.8, 4) is 5.75 Å². The summed E-state index contributed by atoms with van der Waals surface area (Å²) < 4.78 is 33.8. The summed E-state index contributed by atoms with van der Waals surface area (Å²) in [6.45, 7) is 8.23. The molecular formula is C22H28BrN3O4S2. The standard InChI is InChI=1S/C22H28BrN3O4S2/c1-5-15(4)26-32(28,29)18-9-7-17(8-10-18)24-22(31)25-21(27)19-12-16(23)6-11-20(19)30-13-14(2)3/h6-12,14-15,26H,5,13H2,1-4H3,(H2,24,25,27,31). The van der Waals surface area contributed by atoms with Gasteiger partial charge in [-0.3, -0.25) is 10.1 Å². The van der Waals surface area contributed by atoms with E-state index < -0.39 is 15.9 Å². The molecule has 0 bridgehead atoms. The molecule has 0 aliphatic carbocycles. The number of hydrogen-bond donors (Lipinski definition) is 3. The Morgan fingerprint density at radius 2 is 1.78 bits per heavy atom. The van der Waals surface area contributed by atoms with E-state index in [4.69, 9.17) is 17.0 Å². The van der Waals surface area contributed by atoms with E-state index in [0.29, 0.717) is 35.9 Å². The first-order valence-corrected chi connectivity index (χ1v) is 12.9. The molecule has 1 atom stereocenters. The summed E-state index contributed by atoms with van der Waals surface area (Å²) in [6.07, 6.45) is 0.690. The maximum absolute atomic E-state index is 12.8. The van der Waals surface area contributed by atoms with Crippen molar-refractivity contribution in [3.63, 3.8) is 0 Å². The molecule has 2 rings (SSSR count).